The second-order valence-corrected chi connectivity index (χ2v) is 8.66. The van der Waals surface area contributed by atoms with Gasteiger partial charge in [-0.2, -0.15) is 0 Å². The van der Waals surface area contributed by atoms with Crippen molar-refractivity contribution in [1.82, 2.24) is 24.8 Å². The summed E-state index contributed by atoms with van der Waals surface area (Å²) in [6.45, 7) is 2.56. The molecule has 1 N–H and O–H groups in total. The Bertz CT molecular complexity index is 1120. The van der Waals surface area contributed by atoms with E-state index in [4.69, 9.17) is 0 Å². The molecule has 2 aliphatic heterocycles. The first-order valence-corrected chi connectivity index (χ1v) is 11.2. The number of amides is 2. The van der Waals surface area contributed by atoms with E-state index in [1.807, 2.05) is 11.0 Å². The molecule has 32 heavy (non-hydrogen) atoms. The standard InChI is InChI=1S/C24H26FN5O2/c25-18-4-5-19-21(15-18)28-22(27-19)16-6-11-29(12-7-16)23(31)17-8-13-30(14-9-17)24(32)20-3-1-2-10-26-20/h1-5,10,15-17H,6-9,11-14H2,(H,27,28). The van der Waals surface area contributed by atoms with E-state index in [2.05, 4.69) is 15.0 Å². The van der Waals surface area contributed by atoms with Crippen LogP contribution in [-0.2, 0) is 4.79 Å². The van der Waals surface area contributed by atoms with E-state index in [0.717, 1.165) is 24.2 Å². The summed E-state index contributed by atoms with van der Waals surface area (Å²) in [6, 6.07) is 9.90. The summed E-state index contributed by atoms with van der Waals surface area (Å²) < 4.78 is 13.4. The van der Waals surface area contributed by atoms with Crippen LogP contribution in [0.2, 0.25) is 0 Å². The average molecular weight is 436 g/mol. The lowest BCUT2D eigenvalue weighted by Crippen LogP contribution is -2.46. The Morgan fingerprint density at radius 2 is 1.72 bits per heavy atom. The van der Waals surface area contributed by atoms with Crippen molar-refractivity contribution in [1.29, 1.82) is 0 Å². The predicted octanol–water partition coefficient (Wildman–Crippen LogP) is 3.36. The summed E-state index contributed by atoms with van der Waals surface area (Å²) in [5.41, 5.74) is 1.94. The molecule has 0 saturated carbocycles. The zero-order valence-electron chi connectivity index (χ0n) is 17.8. The number of halogens is 1. The first-order valence-electron chi connectivity index (χ1n) is 11.2. The van der Waals surface area contributed by atoms with Gasteiger partial charge in [0, 0.05) is 44.2 Å². The number of rotatable bonds is 3. The van der Waals surface area contributed by atoms with Crippen molar-refractivity contribution in [2.24, 2.45) is 5.92 Å². The number of likely N-dealkylation sites (tertiary alicyclic amines) is 2. The molecular weight excluding hydrogens is 409 g/mol. The van der Waals surface area contributed by atoms with Crippen molar-refractivity contribution in [2.45, 2.75) is 31.6 Å². The van der Waals surface area contributed by atoms with E-state index in [1.54, 1.807) is 29.3 Å². The van der Waals surface area contributed by atoms with Gasteiger partial charge >= 0.3 is 0 Å². The van der Waals surface area contributed by atoms with Gasteiger partial charge in [-0.25, -0.2) is 9.37 Å². The molecule has 4 heterocycles. The van der Waals surface area contributed by atoms with Crippen molar-refractivity contribution in [2.75, 3.05) is 26.2 Å². The molecule has 0 unspecified atom stereocenters. The van der Waals surface area contributed by atoms with Crippen LogP contribution in [0.25, 0.3) is 11.0 Å². The highest BCUT2D eigenvalue weighted by Crippen LogP contribution is 2.30. The molecule has 0 spiro atoms. The van der Waals surface area contributed by atoms with Crippen LogP contribution in [0.5, 0.6) is 0 Å². The third kappa shape index (κ3) is 4.09. The van der Waals surface area contributed by atoms with E-state index in [1.165, 1.54) is 12.1 Å². The number of hydrogen-bond acceptors (Lipinski definition) is 4. The molecular formula is C24H26FN5O2. The summed E-state index contributed by atoms with van der Waals surface area (Å²) in [4.78, 5) is 41.4. The Morgan fingerprint density at radius 1 is 0.969 bits per heavy atom. The van der Waals surface area contributed by atoms with Gasteiger partial charge in [0.25, 0.3) is 5.91 Å². The van der Waals surface area contributed by atoms with Gasteiger partial charge in [0.05, 0.1) is 11.0 Å². The fourth-order valence-electron chi connectivity index (χ4n) is 4.81. The number of benzene rings is 1. The highest BCUT2D eigenvalue weighted by atomic mass is 19.1. The summed E-state index contributed by atoms with van der Waals surface area (Å²) in [5, 5.41) is 0. The van der Waals surface area contributed by atoms with Gasteiger partial charge < -0.3 is 14.8 Å². The van der Waals surface area contributed by atoms with Crippen molar-refractivity contribution >= 4 is 22.8 Å². The molecule has 3 aromatic rings. The topological polar surface area (TPSA) is 82.2 Å². The second-order valence-electron chi connectivity index (χ2n) is 8.66. The molecule has 5 rings (SSSR count). The zero-order chi connectivity index (χ0) is 22.1. The van der Waals surface area contributed by atoms with Crippen LogP contribution in [0, 0.1) is 11.7 Å². The summed E-state index contributed by atoms with van der Waals surface area (Å²) in [7, 11) is 0. The lowest BCUT2D eigenvalue weighted by Gasteiger charge is -2.37. The van der Waals surface area contributed by atoms with Gasteiger partial charge in [-0.3, -0.25) is 14.6 Å². The van der Waals surface area contributed by atoms with Crippen LogP contribution in [0.4, 0.5) is 4.39 Å². The smallest absolute Gasteiger partial charge is 0.272 e. The summed E-state index contributed by atoms with van der Waals surface area (Å²) in [6.07, 6.45) is 4.67. The van der Waals surface area contributed by atoms with E-state index < -0.39 is 0 Å². The quantitative estimate of drug-likeness (QED) is 0.684. The fourth-order valence-corrected chi connectivity index (χ4v) is 4.81. The average Bonchev–Trinajstić information content (AvgIpc) is 3.27. The number of aromatic nitrogens is 3. The number of nitrogens with one attached hydrogen (secondary N) is 1. The Kier molecular flexibility index (Phi) is 5.59. The maximum Gasteiger partial charge on any atom is 0.272 e. The Balaban J connectivity index is 1.14. The molecule has 2 amide bonds. The monoisotopic (exact) mass is 435 g/mol. The number of pyridine rings is 1. The molecule has 7 nitrogen and oxygen atoms in total. The minimum Gasteiger partial charge on any atom is -0.342 e. The number of H-pyrrole nitrogens is 1. The largest absolute Gasteiger partial charge is 0.342 e. The molecule has 0 radical (unpaired) electrons. The first kappa shape index (κ1) is 20.6. The summed E-state index contributed by atoms with van der Waals surface area (Å²) >= 11 is 0. The molecule has 0 atom stereocenters. The van der Waals surface area contributed by atoms with E-state index in [0.29, 0.717) is 50.2 Å². The van der Waals surface area contributed by atoms with Gasteiger partial charge in [-0.15, -0.1) is 0 Å². The van der Waals surface area contributed by atoms with Crippen LogP contribution in [0.15, 0.2) is 42.6 Å². The Labute approximate surface area is 185 Å². The van der Waals surface area contributed by atoms with Crippen molar-refractivity contribution in [3.63, 3.8) is 0 Å². The number of aromatic amines is 1. The van der Waals surface area contributed by atoms with Gasteiger partial charge in [0.15, 0.2) is 0 Å². The second kappa shape index (κ2) is 8.68. The number of imidazole rings is 1. The van der Waals surface area contributed by atoms with Crippen LogP contribution in [0.3, 0.4) is 0 Å². The van der Waals surface area contributed by atoms with Gasteiger partial charge in [0.1, 0.15) is 17.3 Å². The Morgan fingerprint density at radius 3 is 2.44 bits per heavy atom. The van der Waals surface area contributed by atoms with Crippen LogP contribution >= 0.6 is 0 Å². The van der Waals surface area contributed by atoms with E-state index >= 15 is 0 Å². The first-order chi connectivity index (χ1) is 15.6. The molecule has 8 heteroatoms. The van der Waals surface area contributed by atoms with Crippen LogP contribution in [-0.4, -0.2) is 62.7 Å². The lowest BCUT2D eigenvalue weighted by atomic mass is 9.91. The van der Waals surface area contributed by atoms with E-state index in [9.17, 15) is 14.0 Å². The molecule has 2 fully saturated rings. The number of hydrogen-bond donors (Lipinski definition) is 1. The molecule has 1 aromatic carbocycles. The van der Waals surface area contributed by atoms with E-state index in [-0.39, 0.29) is 29.5 Å². The van der Waals surface area contributed by atoms with Crippen LogP contribution in [0.1, 0.15) is 47.9 Å². The molecule has 166 valence electrons. The number of carbonyl (C=O) groups is 2. The Hall–Kier alpha value is -3.29. The lowest BCUT2D eigenvalue weighted by molar-refractivity contribution is -0.138. The fraction of sp³-hybridized carbons (Fsp3) is 0.417. The minimum absolute atomic E-state index is 0.0338. The number of nitrogens with zero attached hydrogens (tertiary/aromatic N) is 4. The number of carbonyl (C=O) groups excluding carboxylic acids is 2. The molecule has 2 aliphatic rings. The number of piperidine rings is 2. The maximum atomic E-state index is 13.4. The third-order valence-corrected chi connectivity index (χ3v) is 6.67. The molecule has 2 aromatic heterocycles. The third-order valence-electron chi connectivity index (χ3n) is 6.67. The normalized spacial score (nSPS) is 18.3. The van der Waals surface area contributed by atoms with Crippen molar-refractivity contribution < 1.29 is 14.0 Å². The highest BCUT2D eigenvalue weighted by molar-refractivity contribution is 5.92. The predicted molar refractivity (Wildman–Crippen MR) is 117 cm³/mol. The highest BCUT2D eigenvalue weighted by Gasteiger charge is 2.33. The van der Waals surface area contributed by atoms with Crippen molar-refractivity contribution in [3.05, 3.63) is 59.9 Å². The zero-order valence-corrected chi connectivity index (χ0v) is 17.8. The molecule has 2 saturated heterocycles. The maximum absolute atomic E-state index is 13.4. The van der Waals surface area contributed by atoms with Gasteiger partial charge in [-0.05, 0) is 56.0 Å². The summed E-state index contributed by atoms with van der Waals surface area (Å²) in [5.74, 6) is 0.934. The van der Waals surface area contributed by atoms with Crippen LogP contribution < -0.4 is 0 Å². The van der Waals surface area contributed by atoms with Crippen molar-refractivity contribution in [3.8, 4) is 0 Å². The van der Waals surface area contributed by atoms with Gasteiger partial charge in [0.2, 0.25) is 5.91 Å². The molecule has 0 aliphatic carbocycles. The number of fused-ring (bicyclic) bond motifs is 1. The van der Waals surface area contributed by atoms with Gasteiger partial charge in [-0.1, -0.05) is 6.07 Å². The minimum atomic E-state index is -0.277. The SMILES string of the molecule is O=C(c1ccccn1)N1CCC(C(=O)N2CCC(c3nc4ccc(F)cc4[nH]3)CC2)CC1. The molecule has 0 bridgehead atoms.